The van der Waals surface area contributed by atoms with Gasteiger partial charge in [-0.05, 0) is 37.7 Å². The van der Waals surface area contributed by atoms with Crippen molar-refractivity contribution in [3.63, 3.8) is 0 Å². The van der Waals surface area contributed by atoms with Crippen LogP contribution in [-0.2, 0) is 0 Å². The zero-order valence-electron chi connectivity index (χ0n) is 12.5. The molecule has 2 aromatic rings. The van der Waals surface area contributed by atoms with Gasteiger partial charge in [-0.1, -0.05) is 36.4 Å². The lowest BCUT2D eigenvalue weighted by Gasteiger charge is -2.25. The maximum absolute atomic E-state index is 8.86. The normalized spacial score (nSPS) is 11.9. The largest absolute Gasteiger partial charge is 0.492 e. The van der Waals surface area contributed by atoms with Crippen molar-refractivity contribution in [2.75, 3.05) is 20.2 Å². The summed E-state index contributed by atoms with van der Waals surface area (Å²) < 4.78 is 5.71. The molecular weight excluding hydrogens is 260 g/mol. The number of hydrogen-bond acceptors (Lipinski definition) is 3. The minimum Gasteiger partial charge on any atom is -0.492 e. The van der Waals surface area contributed by atoms with Crippen LogP contribution in [0.4, 0.5) is 0 Å². The van der Waals surface area contributed by atoms with Crippen molar-refractivity contribution in [3.8, 4) is 11.8 Å². The van der Waals surface area contributed by atoms with Crippen LogP contribution in [0, 0.1) is 11.3 Å². The van der Waals surface area contributed by atoms with E-state index < -0.39 is 0 Å². The van der Waals surface area contributed by atoms with Gasteiger partial charge in [-0.3, -0.25) is 4.90 Å². The Kier molecular flexibility index (Phi) is 5.36. The number of hydrogen-bond donors (Lipinski definition) is 0. The molecule has 0 N–H and O–H groups in total. The van der Waals surface area contributed by atoms with E-state index >= 15 is 0 Å². The predicted octanol–water partition coefficient (Wildman–Crippen LogP) is 3.63. The zero-order chi connectivity index (χ0) is 15.1. The molecule has 0 aliphatic heterocycles. The van der Waals surface area contributed by atoms with Crippen LogP contribution < -0.4 is 4.74 Å². The van der Waals surface area contributed by atoms with Crippen LogP contribution >= 0.6 is 0 Å². The first-order valence-corrected chi connectivity index (χ1v) is 7.09. The Bertz CT molecular complexity index is 604. The fraction of sp³-hybridized carbons (Fsp3) is 0.278. The number of benzene rings is 2. The van der Waals surface area contributed by atoms with Gasteiger partial charge in [-0.2, -0.15) is 5.26 Å². The molecule has 0 aliphatic carbocycles. The first kappa shape index (κ1) is 15.1. The summed E-state index contributed by atoms with van der Waals surface area (Å²) in [7, 11) is 2.09. The first-order valence-electron chi connectivity index (χ1n) is 7.09. The van der Waals surface area contributed by atoms with Gasteiger partial charge in [-0.15, -0.1) is 0 Å². The number of nitrogens with zero attached hydrogens (tertiary/aromatic N) is 2. The van der Waals surface area contributed by atoms with E-state index in [1.807, 2.05) is 18.2 Å². The second-order valence-electron chi connectivity index (χ2n) is 5.06. The molecule has 2 aromatic carbocycles. The van der Waals surface area contributed by atoms with E-state index in [1.54, 1.807) is 12.1 Å². The summed E-state index contributed by atoms with van der Waals surface area (Å²) in [5.41, 5.74) is 1.92. The van der Waals surface area contributed by atoms with Crippen molar-refractivity contribution in [2.45, 2.75) is 13.0 Å². The Balaban J connectivity index is 1.84. The zero-order valence-corrected chi connectivity index (χ0v) is 12.5. The number of ether oxygens (including phenoxy) is 1. The maximum atomic E-state index is 8.86. The summed E-state index contributed by atoms with van der Waals surface area (Å²) in [6, 6.07) is 20.1. The standard InChI is InChI=1S/C18H20N2O/c1-15(17-8-4-3-5-9-17)20(2)11-12-21-18-10-6-7-16(13-18)14-19/h3-10,13,15H,11-12H2,1-2H3. The number of rotatable bonds is 6. The molecule has 0 fully saturated rings. The molecule has 3 heteroatoms. The quantitative estimate of drug-likeness (QED) is 0.810. The summed E-state index contributed by atoms with van der Waals surface area (Å²) in [5.74, 6) is 0.745. The molecule has 0 aliphatic rings. The Morgan fingerprint density at radius 3 is 2.62 bits per heavy atom. The summed E-state index contributed by atoms with van der Waals surface area (Å²) in [4.78, 5) is 2.25. The van der Waals surface area contributed by atoms with Gasteiger partial charge in [0.05, 0.1) is 11.6 Å². The van der Waals surface area contributed by atoms with Crippen molar-refractivity contribution in [1.29, 1.82) is 5.26 Å². The molecule has 21 heavy (non-hydrogen) atoms. The SMILES string of the molecule is CC(c1ccccc1)N(C)CCOc1cccc(C#N)c1. The predicted molar refractivity (Wildman–Crippen MR) is 84.1 cm³/mol. The van der Waals surface area contributed by atoms with E-state index in [4.69, 9.17) is 10.00 Å². The molecule has 0 spiro atoms. The van der Waals surface area contributed by atoms with Crippen LogP contribution in [0.2, 0.25) is 0 Å². The lowest BCUT2D eigenvalue weighted by molar-refractivity contribution is 0.201. The summed E-state index contributed by atoms with van der Waals surface area (Å²) >= 11 is 0. The number of nitriles is 1. The summed E-state index contributed by atoms with van der Waals surface area (Å²) in [6.07, 6.45) is 0. The average molecular weight is 280 g/mol. The van der Waals surface area contributed by atoms with Gasteiger partial charge in [0.25, 0.3) is 0 Å². The van der Waals surface area contributed by atoms with Crippen molar-refractivity contribution in [3.05, 3.63) is 65.7 Å². The van der Waals surface area contributed by atoms with Crippen LogP contribution in [0.15, 0.2) is 54.6 Å². The lowest BCUT2D eigenvalue weighted by Crippen LogP contribution is -2.27. The van der Waals surface area contributed by atoms with E-state index in [-0.39, 0.29) is 0 Å². The van der Waals surface area contributed by atoms with Gasteiger partial charge >= 0.3 is 0 Å². The molecule has 108 valence electrons. The monoisotopic (exact) mass is 280 g/mol. The Hall–Kier alpha value is -2.31. The molecule has 3 nitrogen and oxygen atoms in total. The Morgan fingerprint density at radius 1 is 1.14 bits per heavy atom. The third kappa shape index (κ3) is 4.34. The van der Waals surface area contributed by atoms with Crippen molar-refractivity contribution < 1.29 is 4.74 Å². The van der Waals surface area contributed by atoms with Crippen molar-refractivity contribution in [2.24, 2.45) is 0 Å². The highest BCUT2D eigenvalue weighted by Crippen LogP contribution is 2.18. The molecule has 0 bridgehead atoms. The molecule has 0 heterocycles. The van der Waals surface area contributed by atoms with E-state index in [2.05, 4.69) is 49.2 Å². The summed E-state index contributed by atoms with van der Waals surface area (Å²) in [6.45, 7) is 3.61. The average Bonchev–Trinajstić information content (AvgIpc) is 2.55. The maximum Gasteiger partial charge on any atom is 0.120 e. The van der Waals surface area contributed by atoms with E-state index in [0.717, 1.165) is 12.3 Å². The third-order valence-corrected chi connectivity index (χ3v) is 3.62. The van der Waals surface area contributed by atoms with Gasteiger partial charge in [0, 0.05) is 12.6 Å². The molecule has 0 saturated carbocycles. The Labute approximate surface area is 126 Å². The van der Waals surface area contributed by atoms with E-state index in [9.17, 15) is 0 Å². The molecule has 1 unspecified atom stereocenters. The molecule has 0 aromatic heterocycles. The molecule has 1 atom stereocenters. The molecule has 0 saturated heterocycles. The lowest BCUT2D eigenvalue weighted by atomic mass is 10.1. The minimum absolute atomic E-state index is 0.347. The second kappa shape index (κ2) is 7.47. The smallest absolute Gasteiger partial charge is 0.120 e. The minimum atomic E-state index is 0.347. The van der Waals surface area contributed by atoms with Gasteiger partial charge in [0.1, 0.15) is 12.4 Å². The first-order chi connectivity index (χ1) is 10.2. The summed E-state index contributed by atoms with van der Waals surface area (Å²) in [5, 5.41) is 8.86. The van der Waals surface area contributed by atoms with Gasteiger partial charge < -0.3 is 4.74 Å². The van der Waals surface area contributed by atoms with Gasteiger partial charge in [0.2, 0.25) is 0 Å². The van der Waals surface area contributed by atoms with Crippen LogP contribution in [-0.4, -0.2) is 25.1 Å². The highest BCUT2D eigenvalue weighted by molar-refractivity contribution is 5.36. The number of likely N-dealkylation sites (N-methyl/N-ethyl adjacent to an activating group) is 1. The van der Waals surface area contributed by atoms with Crippen LogP contribution in [0.25, 0.3) is 0 Å². The van der Waals surface area contributed by atoms with Gasteiger partial charge in [0.15, 0.2) is 0 Å². The van der Waals surface area contributed by atoms with Crippen molar-refractivity contribution in [1.82, 2.24) is 4.90 Å². The fourth-order valence-electron chi connectivity index (χ4n) is 2.14. The molecule has 0 amide bonds. The highest BCUT2D eigenvalue weighted by Gasteiger charge is 2.10. The Morgan fingerprint density at radius 2 is 1.90 bits per heavy atom. The topological polar surface area (TPSA) is 36.3 Å². The molecular formula is C18H20N2O. The highest BCUT2D eigenvalue weighted by atomic mass is 16.5. The second-order valence-corrected chi connectivity index (χ2v) is 5.06. The van der Waals surface area contributed by atoms with Crippen LogP contribution in [0.1, 0.15) is 24.1 Å². The van der Waals surface area contributed by atoms with Crippen LogP contribution in [0.5, 0.6) is 5.75 Å². The molecule has 2 rings (SSSR count). The third-order valence-electron chi connectivity index (χ3n) is 3.62. The van der Waals surface area contributed by atoms with Crippen molar-refractivity contribution >= 4 is 0 Å². The van der Waals surface area contributed by atoms with E-state index in [1.165, 1.54) is 5.56 Å². The molecule has 0 radical (unpaired) electrons. The van der Waals surface area contributed by atoms with E-state index in [0.29, 0.717) is 18.2 Å². The fourth-order valence-corrected chi connectivity index (χ4v) is 2.14. The van der Waals surface area contributed by atoms with Crippen LogP contribution in [0.3, 0.4) is 0 Å². The van der Waals surface area contributed by atoms with Gasteiger partial charge in [-0.25, -0.2) is 0 Å².